The summed E-state index contributed by atoms with van der Waals surface area (Å²) in [6.45, 7) is 2.09. The number of carbonyl (C=O) groups excluding carboxylic acids is 1. The standard InChI is InChI=1S/C22H23NO6S/c1-4-29-22(24)19-12-17(19)20-13-23(21-10-7-15(28-3)11-18(20)21)30(25,26)16-8-5-14(27-2)6-9-16/h5-11,13,17,19H,4,12H2,1-3H3/t17-,19-/m1/s1. The first-order valence-electron chi connectivity index (χ1n) is 9.66. The van der Waals surface area contributed by atoms with E-state index in [9.17, 15) is 13.2 Å². The number of rotatable bonds is 7. The highest BCUT2D eigenvalue weighted by Crippen LogP contribution is 2.51. The zero-order chi connectivity index (χ0) is 21.5. The molecule has 1 aliphatic rings. The van der Waals surface area contributed by atoms with E-state index in [1.165, 1.54) is 23.2 Å². The number of aromatic nitrogens is 1. The van der Waals surface area contributed by atoms with Crippen molar-refractivity contribution in [3.05, 3.63) is 54.2 Å². The predicted octanol–water partition coefficient (Wildman–Crippen LogP) is 3.56. The Labute approximate surface area is 175 Å². The van der Waals surface area contributed by atoms with Crippen LogP contribution in [0, 0.1) is 5.92 Å². The van der Waals surface area contributed by atoms with Crippen LogP contribution in [0.2, 0.25) is 0 Å². The van der Waals surface area contributed by atoms with Crippen molar-refractivity contribution in [1.82, 2.24) is 3.97 Å². The number of benzene rings is 2. The molecule has 2 atom stereocenters. The van der Waals surface area contributed by atoms with E-state index in [1.54, 1.807) is 44.5 Å². The van der Waals surface area contributed by atoms with Gasteiger partial charge in [0.15, 0.2) is 0 Å². The van der Waals surface area contributed by atoms with E-state index in [0.717, 1.165) is 10.9 Å². The van der Waals surface area contributed by atoms with Crippen molar-refractivity contribution in [1.29, 1.82) is 0 Å². The molecule has 8 heteroatoms. The highest BCUT2D eigenvalue weighted by atomic mass is 32.2. The van der Waals surface area contributed by atoms with Gasteiger partial charge >= 0.3 is 5.97 Å². The average Bonchev–Trinajstić information content (AvgIpc) is 3.46. The maximum absolute atomic E-state index is 13.4. The molecule has 0 radical (unpaired) electrons. The van der Waals surface area contributed by atoms with Crippen LogP contribution in [0.15, 0.2) is 53.6 Å². The second-order valence-corrected chi connectivity index (χ2v) is 8.96. The smallest absolute Gasteiger partial charge is 0.309 e. The molecule has 4 rings (SSSR count). The molecule has 30 heavy (non-hydrogen) atoms. The third-order valence-corrected chi connectivity index (χ3v) is 7.09. The van der Waals surface area contributed by atoms with Crippen LogP contribution >= 0.6 is 0 Å². The summed E-state index contributed by atoms with van der Waals surface area (Å²) in [5, 5.41) is 0.753. The topological polar surface area (TPSA) is 83.8 Å². The van der Waals surface area contributed by atoms with Gasteiger partial charge in [-0.2, -0.15) is 0 Å². The number of nitrogens with zero attached hydrogens (tertiary/aromatic N) is 1. The molecular weight excluding hydrogens is 406 g/mol. The molecular formula is C22H23NO6S. The molecule has 158 valence electrons. The lowest BCUT2D eigenvalue weighted by Crippen LogP contribution is -2.12. The third kappa shape index (κ3) is 3.41. The van der Waals surface area contributed by atoms with E-state index in [4.69, 9.17) is 14.2 Å². The molecule has 0 saturated heterocycles. The first-order chi connectivity index (χ1) is 14.4. The van der Waals surface area contributed by atoms with E-state index in [2.05, 4.69) is 0 Å². The number of hydrogen-bond donors (Lipinski definition) is 0. The summed E-state index contributed by atoms with van der Waals surface area (Å²) in [5.41, 5.74) is 1.34. The molecule has 1 heterocycles. The molecule has 3 aromatic rings. The highest BCUT2D eigenvalue weighted by Gasteiger charge is 2.46. The molecule has 2 aromatic carbocycles. The summed E-state index contributed by atoms with van der Waals surface area (Å²) in [6.07, 6.45) is 2.26. The zero-order valence-electron chi connectivity index (χ0n) is 17.0. The summed E-state index contributed by atoms with van der Waals surface area (Å²) in [6, 6.07) is 11.5. The van der Waals surface area contributed by atoms with Gasteiger partial charge in [-0.15, -0.1) is 0 Å². The fraction of sp³-hybridized carbons (Fsp3) is 0.318. The van der Waals surface area contributed by atoms with Crippen LogP contribution < -0.4 is 9.47 Å². The van der Waals surface area contributed by atoms with E-state index < -0.39 is 10.0 Å². The average molecular weight is 429 g/mol. The molecule has 1 saturated carbocycles. The minimum absolute atomic E-state index is 0.0778. The number of carbonyl (C=O) groups is 1. The van der Waals surface area contributed by atoms with E-state index in [1.807, 2.05) is 6.07 Å². The summed E-state index contributed by atoms with van der Waals surface area (Å²) < 4.78 is 43.6. The molecule has 0 aliphatic heterocycles. The molecule has 7 nitrogen and oxygen atoms in total. The minimum Gasteiger partial charge on any atom is -0.497 e. The van der Waals surface area contributed by atoms with Gasteiger partial charge in [0.2, 0.25) is 0 Å². The summed E-state index contributed by atoms with van der Waals surface area (Å²) >= 11 is 0. The number of fused-ring (bicyclic) bond motifs is 1. The molecule has 0 bridgehead atoms. The fourth-order valence-corrected chi connectivity index (χ4v) is 5.11. The molecule has 1 fully saturated rings. The van der Waals surface area contributed by atoms with Crippen molar-refractivity contribution in [2.75, 3.05) is 20.8 Å². The van der Waals surface area contributed by atoms with Gasteiger partial charge in [0, 0.05) is 17.5 Å². The van der Waals surface area contributed by atoms with Crippen LogP contribution in [0.3, 0.4) is 0 Å². The normalized spacial score (nSPS) is 18.2. The van der Waals surface area contributed by atoms with Gasteiger partial charge in [-0.3, -0.25) is 4.79 Å². The van der Waals surface area contributed by atoms with E-state index in [0.29, 0.717) is 30.0 Å². The van der Waals surface area contributed by atoms with Crippen molar-refractivity contribution < 1.29 is 27.4 Å². The van der Waals surface area contributed by atoms with Gasteiger partial charge in [-0.25, -0.2) is 12.4 Å². The Bertz CT molecular complexity index is 1200. The second kappa shape index (κ2) is 7.68. The number of methoxy groups -OCH3 is 2. The van der Waals surface area contributed by atoms with Crippen LogP contribution in [0.4, 0.5) is 0 Å². The zero-order valence-corrected chi connectivity index (χ0v) is 17.8. The third-order valence-electron chi connectivity index (χ3n) is 5.40. The first kappa shape index (κ1) is 20.3. The van der Waals surface area contributed by atoms with Crippen LogP contribution in [-0.4, -0.2) is 39.2 Å². The van der Waals surface area contributed by atoms with Crippen molar-refractivity contribution in [3.8, 4) is 11.5 Å². The number of ether oxygens (including phenoxy) is 3. The monoisotopic (exact) mass is 429 g/mol. The van der Waals surface area contributed by atoms with Gasteiger partial charge in [-0.1, -0.05) is 0 Å². The Hall–Kier alpha value is -3.00. The largest absolute Gasteiger partial charge is 0.497 e. The van der Waals surface area contributed by atoms with Crippen molar-refractivity contribution in [3.63, 3.8) is 0 Å². The highest BCUT2D eigenvalue weighted by molar-refractivity contribution is 7.90. The van der Waals surface area contributed by atoms with Gasteiger partial charge in [0.25, 0.3) is 10.0 Å². The number of esters is 1. The van der Waals surface area contributed by atoms with Crippen molar-refractivity contribution >= 4 is 26.9 Å². The summed E-state index contributed by atoms with van der Waals surface area (Å²) in [7, 11) is -0.753. The Kier molecular flexibility index (Phi) is 5.19. The van der Waals surface area contributed by atoms with Gasteiger partial charge in [0.1, 0.15) is 11.5 Å². The van der Waals surface area contributed by atoms with Crippen molar-refractivity contribution in [2.45, 2.75) is 24.2 Å². The maximum Gasteiger partial charge on any atom is 0.309 e. The molecule has 1 aliphatic carbocycles. The lowest BCUT2D eigenvalue weighted by Gasteiger charge is -2.09. The first-order valence-corrected chi connectivity index (χ1v) is 11.1. The van der Waals surface area contributed by atoms with Gasteiger partial charge in [0.05, 0.1) is 37.2 Å². The Morgan fingerprint density at radius 1 is 1.07 bits per heavy atom. The van der Waals surface area contributed by atoms with Gasteiger partial charge in [-0.05, 0) is 61.4 Å². The quantitative estimate of drug-likeness (QED) is 0.534. The van der Waals surface area contributed by atoms with Crippen molar-refractivity contribution in [2.24, 2.45) is 5.92 Å². The Morgan fingerprint density at radius 3 is 2.37 bits per heavy atom. The fourth-order valence-electron chi connectivity index (χ4n) is 3.74. The molecule has 0 N–H and O–H groups in total. The maximum atomic E-state index is 13.4. The minimum atomic E-state index is -3.84. The van der Waals surface area contributed by atoms with Crippen LogP contribution in [0.1, 0.15) is 24.8 Å². The summed E-state index contributed by atoms with van der Waals surface area (Å²) in [5.74, 6) is 0.623. The second-order valence-electron chi connectivity index (χ2n) is 7.14. The van der Waals surface area contributed by atoms with E-state index in [-0.39, 0.29) is 22.7 Å². The lowest BCUT2D eigenvalue weighted by atomic mass is 10.1. The predicted molar refractivity (Wildman–Crippen MR) is 112 cm³/mol. The number of hydrogen-bond acceptors (Lipinski definition) is 6. The molecule has 0 unspecified atom stereocenters. The Balaban J connectivity index is 1.82. The van der Waals surface area contributed by atoms with Crippen LogP contribution in [0.25, 0.3) is 10.9 Å². The Morgan fingerprint density at radius 2 is 1.73 bits per heavy atom. The molecule has 1 aromatic heterocycles. The summed E-state index contributed by atoms with van der Waals surface area (Å²) in [4.78, 5) is 12.3. The molecule has 0 amide bonds. The SMILES string of the molecule is CCOC(=O)[C@@H]1C[C@H]1c1cn(S(=O)(=O)c2ccc(OC)cc2)c2ccc(OC)cc12. The lowest BCUT2D eigenvalue weighted by molar-refractivity contribution is -0.144. The van der Waals surface area contributed by atoms with Crippen LogP contribution in [0.5, 0.6) is 11.5 Å². The van der Waals surface area contributed by atoms with E-state index >= 15 is 0 Å². The van der Waals surface area contributed by atoms with Crippen LogP contribution in [-0.2, 0) is 19.6 Å². The van der Waals surface area contributed by atoms with Gasteiger partial charge < -0.3 is 14.2 Å². The molecule has 0 spiro atoms.